The lowest BCUT2D eigenvalue weighted by Gasteiger charge is -2.18. The maximum atomic E-state index is 12.4. The molecule has 2 rings (SSSR count). The highest BCUT2D eigenvalue weighted by molar-refractivity contribution is 6.30. The van der Waals surface area contributed by atoms with Gasteiger partial charge in [-0.05, 0) is 50.1 Å². The van der Waals surface area contributed by atoms with E-state index in [4.69, 9.17) is 11.6 Å². The lowest BCUT2D eigenvalue weighted by molar-refractivity contribution is 0.0934. The first-order chi connectivity index (χ1) is 10.0. The molecule has 1 amide bonds. The molecular weight excluding hydrogens is 284 g/mol. The van der Waals surface area contributed by atoms with Gasteiger partial charge in [-0.2, -0.15) is 0 Å². The van der Waals surface area contributed by atoms with Gasteiger partial charge in [0, 0.05) is 10.7 Å². The van der Waals surface area contributed by atoms with E-state index in [0.29, 0.717) is 10.6 Å². The van der Waals surface area contributed by atoms with Crippen LogP contribution in [0.3, 0.4) is 0 Å². The second-order valence-corrected chi connectivity index (χ2v) is 5.51. The Morgan fingerprint density at radius 1 is 1.19 bits per heavy atom. The number of pyridine rings is 1. The van der Waals surface area contributed by atoms with Crippen LogP contribution in [0, 0.1) is 13.8 Å². The van der Waals surface area contributed by atoms with Crippen molar-refractivity contribution < 1.29 is 4.79 Å². The van der Waals surface area contributed by atoms with Crippen LogP contribution in [-0.4, -0.2) is 10.9 Å². The van der Waals surface area contributed by atoms with Gasteiger partial charge in [0.2, 0.25) is 0 Å². The molecule has 1 unspecified atom stereocenters. The molecule has 0 aliphatic rings. The van der Waals surface area contributed by atoms with Crippen molar-refractivity contribution in [2.24, 2.45) is 0 Å². The summed E-state index contributed by atoms with van der Waals surface area (Å²) in [7, 11) is 0. The Labute approximate surface area is 130 Å². The van der Waals surface area contributed by atoms with E-state index < -0.39 is 0 Å². The average Bonchev–Trinajstić information content (AvgIpc) is 2.45. The number of hydrogen-bond donors (Lipinski definition) is 1. The first kappa shape index (κ1) is 15.5. The van der Waals surface area contributed by atoms with E-state index in [0.717, 1.165) is 23.4 Å². The predicted octanol–water partition coefficient (Wildman–Crippen LogP) is 4.23. The molecule has 3 nitrogen and oxygen atoms in total. The van der Waals surface area contributed by atoms with Gasteiger partial charge in [-0.3, -0.25) is 9.78 Å². The number of nitrogens with zero attached hydrogens (tertiary/aromatic N) is 1. The van der Waals surface area contributed by atoms with E-state index in [-0.39, 0.29) is 11.9 Å². The number of amides is 1. The van der Waals surface area contributed by atoms with Crippen LogP contribution in [0.4, 0.5) is 0 Å². The number of rotatable bonds is 4. The summed E-state index contributed by atoms with van der Waals surface area (Å²) in [5.74, 6) is -0.0956. The Morgan fingerprint density at radius 2 is 1.86 bits per heavy atom. The summed E-state index contributed by atoms with van der Waals surface area (Å²) < 4.78 is 0. The van der Waals surface area contributed by atoms with E-state index in [1.807, 2.05) is 57.2 Å². The average molecular weight is 303 g/mol. The van der Waals surface area contributed by atoms with Crippen LogP contribution in [0.25, 0.3) is 0 Å². The molecule has 0 spiro atoms. The minimum Gasteiger partial charge on any atom is -0.345 e. The molecule has 21 heavy (non-hydrogen) atoms. The SMILES string of the molecule is CCC(NC(=O)c1ccc(C)nc1C)c1ccc(Cl)cc1. The van der Waals surface area contributed by atoms with Gasteiger partial charge in [0.1, 0.15) is 0 Å². The maximum Gasteiger partial charge on any atom is 0.253 e. The van der Waals surface area contributed by atoms with Crippen molar-refractivity contribution in [2.45, 2.75) is 33.2 Å². The zero-order valence-corrected chi connectivity index (χ0v) is 13.2. The Morgan fingerprint density at radius 3 is 2.43 bits per heavy atom. The number of nitrogens with one attached hydrogen (secondary N) is 1. The van der Waals surface area contributed by atoms with E-state index in [2.05, 4.69) is 10.3 Å². The van der Waals surface area contributed by atoms with Gasteiger partial charge in [-0.1, -0.05) is 30.7 Å². The van der Waals surface area contributed by atoms with Crippen LogP contribution in [0.2, 0.25) is 5.02 Å². The Bertz CT molecular complexity index is 638. The van der Waals surface area contributed by atoms with Crippen LogP contribution in [0.15, 0.2) is 36.4 Å². The normalized spacial score (nSPS) is 12.0. The minimum absolute atomic E-state index is 0.0320. The van der Waals surface area contributed by atoms with Crippen LogP contribution in [-0.2, 0) is 0 Å². The van der Waals surface area contributed by atoms with Gasteiger partial charge in [-0.15, -0.1) is 0 Å². The Balaban J connectivity index is 2.18. The van der Waals surface area contributed by atoms with Crippen molar-refractivity contribution in [2.75, 3.05) is 0 Å². The number of hydrogen-bond acceptors (Lipinski definition) is 2. The van der Waals surface area contributed by atoms with E-state index >= 15 is 0 Å². The van der Waals surface area contributed by atoms with Gasteiger partial charge < -0.3 is 5.32 Å². The molecule has 0 fully saturated rings. The molecule has 4 heteroatoms. The summed E-state index contributed by atoms with van der Waals surface area (Å²) in [6, 6.07) is 11.2. The fourth-order valence-electron chi connectivity index (χ4n) is 2.28. The van der Waals surface area contributed by atoms with Crippen molar-refractivity contribution in [3.63, 3.8) is 0 Å². The van der Waals surface area contributed by atoms with E-state index in [1.165, 1.54) is 0 Å². The van der Waals surface area contributed by atoms with Crippen molar-refractivity contribution in [1.29, 1.82) is 0 Å². The Kier molecular flexibility index (Phi) is 4.97. The lowest BCUT2D eigenvalue weighted by Crippen LogP contribution is -2.29. The molecule has 1 N–H and O–H groups in total. The topological polar surface area (TPSA) is 42.0 Å². The molecule has 0 aliphatic heterocycles. The number of benzene rings is 1. The molecule has 1 atom stereocenters. The number of carbonyl (C=O) groups excluding carboxylic acids is 1. The van der Waals surface area contributed by atoms with E-state index in [1.54, 1.807) is 0 Å². The standard InChI is InChI=1S/C17H19ClN2O/c1-4-16(13-6-8-14(18)9-7-13)20-17(21)15-10-5-11(2)19-12(15)3/h5-10,16H,4H2,1-3H3,(H,20,21). The number of halogens is 1. The van der Waals surface area contributed by atoms with Gasteiger partial charge in [-0.25, -0.2) is 0 Å². The summed E-state index contributed by atoms with van der Waals surface area (Å²) >= 11 is 5.90. The smallest absolute Gasteiger partial charge is 0.253 e. The molecule has 1 heterocycles. The maximum absolute atomic E-state index is 12.4. The largest absolute Gasteiger partial charge is 0.345 e. The summed E-state index contributed by atoms with van der Waals surface area (Å²) in [5.41, 5.74) is 3.33. The van der Waals surface area contributed by atoms with Crippen LogP contribution in [0.5, 0.6) is 0 Å². The second kappa shape index (κ2) is 6.72. The fourth-order valence-corrected chi connectivity index (χ4v) is 2.40. The van der Waals surface area contributed by atoms with Crippen LogP contribution in [0.1, 0.15) is 46.7 Å². The fraction of sp³-hybridized carbons (Fsp3) is 0.294. The monoisotopic (exact) mass is 302 g/mol. The van der Waals surface area contributed by atoms with Crippen molar-refractivity contribution in [1.82, 2.24) is 10.3 Å². The van der Waals surface area contributed by atoms with Crippen LogP contribution >= 0.6 is 11.6 Å². The van der Waals surface area contributed by atoms with Crippen LogP contribution < -0.4 is 5.32 Å². The molecule has 0 radical (unpaired) electrons. The zero-order chi connectivity index (χ0) is 15.4. The molecule has 0 bridgehead atoms. The third kappa shape index (κ3) is 3.82. The summed E-state index contributed by atoms with van der Waals surface area (Å²) in [4.78, 5) is 16.7. The zero-order valence-electron chi connectivity index (χ0n) is 12.5. The Hall–Kier alpha value is -1.87. The predicted molar refractivity (Wildman–Crippen MR) is 85.7 cm³/mol. The van der Waals surface area contributed by atoms with Crippen molar-refractivity contribution in [3.05, 3.63) is 63.9 Å². The first-order valence-electron chi connectivity index (χ1n) is 7.02. The molecule has 110 valence electrons. The summed E-state index contributed by atoms with van der Waals surface area (Å²) in [6.45, 7) is 5.81. The minimum atomic E-state index is -0.0956. The number of aromatic nitrogens is 1. The molecule has 0 aliphatic carbocycles. The van der Waals surface area contributed by atoms with Gasteiger partial charge >= 0.3 is 0 Å². The van der Waals surface area contributed by atoms with Crippen molar-refractivity contribution in [3.8, 4) is 0 Å². The summed E-state index contributed by atoms with van der Waals surface area (Å²) in [5, 5.41) is 3.75. The molecule has 0 saturated heterocycles. The lowest BCUT2D eigenvalue weighted by atomic mass is 10.0. The summed E-state index contributed by atoms with van der Waals surface area (Å²) in [6.07, 6.45) is 0.811. The highest BCUT2D eigenvalue weighted by Crippen LogP contribution is 2.20. The third-order valence-corrected chi connectivity index (χ3v) is 3.71. The van der Waals surface area contributed by atoms with Crippen molar-refractivity contribution >= 4 is 17.5 Å². The molecule has 0 saturated carbocycles. The molecule has 1 aromatic heterocycles. The van der Waals surface area contributed by atoms with E-state index in [9.17, 15) is 4.79 Å². The highest BCUT2D eigenvalue weighted by Gasteiger charge is 2.16. The second-order valence-electron chi connectivity index (χ2n) is 5.07. The molecule has 2 aromatic rings. The highest BCUT2D eigenvalue weighted by atomic mass is 35.5. The quantitative estimate of drug-likeness (QED) is 0.918. The molecule has 1 aromatic carbocycles. The van der Waals surface area contributed by atoms with Gasteiger partial charge in [0.15, 0.2) is 0 Å². The third-order valence-electron chi connectivity index (χ3n) is 3.46. The first-order valence-corrected chi connectivity index (χ1v) is 7.39. The number of aryl methyl sites for hydroxylation is 2. The van der Waals surface area contributed by atoms with Gasteiger partial charge in [0.25, 0.3) is 5.91 Å². The number of carbonyl (C=O) groups is 1. The van der Waals surface area contributed by atoms with Gasteiger partial charge in [0.05, 0.1) is 17.3 Å². The molecular formula is C17H19ClN2O.